The van der Waals surface area contributed by atoms with Gasteiger partial charge in [-0.25, -0.2) is 19.7 Å². The standard InChI is InChI=1S/C12H11N3O2/c1-2-11-13-7-6-9(15-11)8-4-3-5-10(14-8)12(16)17/h3-7H,2H2,1H3,(H,16,17). The first kappa shape index (κ1) is 11.2. The van der Waals surface area contributed by atoms with E-state index in [1.54, 1.807) is 24.4 Å². The van der Waals surface area contributed by atoms with Gasteiger partial charge in [-0.1, -0.05) is 13.0 Å². The molecule has 0 aromatic carbocycles. The third-order valence-corrected chi connectivity index (χ3v) is 2.25. The summed E-state index contributed by atoms with van der Waals surface area (Å²) in [5.74, 6) is -0.332. The molecule has 2 rings (SSSR count). The van der Waals surface area contributed by atoms with Gasteiger partial charge in [-0.2, -0.15) is 0 Å². The van der Waals surface area contributed by atoms with Crippen LogP contribution in [0.5, 0.6) is 0 Å². The van der Waals surface area contributed by atoms with Gasteiger partial charge in [-0.05, 0) is 18.2 Å². The van der Waals surface area contributed by atoms with E-state index in [1.165, 1.54) is 6.07 Å². The maximum Gasteiger partial charge on any atom is 0.354 e. The van der Waals surface area contributed by atoms with Crippen molar-refractivity contribution >= 4 is 5.97 Å². The van der Waals surface area contributed by atoms with Crippen molar-refractivity contribution < 1.29 is 9.90 Å². The minimum atomic E-state index is -1.04. The van der Waals surface area contributed by atoms with Gasteiger partial charge in [0.1, 0.15) is 11.5 Å². The fourth-order valence-corrected chi connectivity index (χ4v) is 1.41. The van der Waals surface area contributed by atoms with Gasteiger partial charge in [-0.3, -0.25) is 0 Å². The summed E-state index contributed by atoms with van der Waals surface area (Å²) in [6.07, 6.45) is 2.38. The third-order valence-electron chi connectivity index (χ3n) is 2.25. The van der Waals surface area contributed by atoms with Crippen LogP contribution in [0.15, 0.2) is 30.5 Å². The Morgan fingerprint density at radius 1 is 1.24 bits per heavy atom. The molecule has 17 heavy (non-hydrogen) atoms. The summed E-state index contributed by atoms with van der Waals surface area (Å²) in [7, 11) is 0. The molecule has 0 spiro atoms. The van der Waals surface area contributed by atoms with Crippen LogP contribution in [0.3, 0.4) is 0 Å². The van der Waals surface area contributed by atoms with E-state index in [2.05, 4.69) is 15.0 Å². The molecule has 2 aromatic heterocycles. The van der Waals surface area contributed by atoms with Crippen molar-refractivity contribution in [3.8, 4) is 11.4 Å². The highest BCUT2D eigenvalue weighted by atomic mass is 16.4. The maximum absolute atomic E-state index is 10.8. The summed E-state index contributed by atoms with van der Waals surface area (Å²) >= 11 is 0. The van der Waals surface area contributed by atoms with E-state index in [0.717, 1.165) is 6.42 Å². The molecule has 0 amide bonds. The highest BCUT2D eigenvalue weighted by Gasteiger charge is 2.07. The van der Waals surface area contributed by atoms with Crippen LogP contribution in [0.1, 0.15) is 23.2 Å². The predicted molar refractivity (Wildman–Crippen MR) is 61.6 cm³/mol. The van der Waals surface area contributed by atoms with Crippen LogP contribution in [0, 0.1) is 0 Å². The number of carbonyl (C=O) groups is 1. The number of aromatic carboxylic acids is 1. The zero-order valence-electron chi connectivity index (χ0n) is 9.29. The predicted octanol–water partition coefficient (Wildman–Crippen LogP) is 1.80. The number of rotatable bonds is 3. The van der Waals surface area contributed by atoms with E-state index in [0.29, 0.717) is 17.2 Å². The Morgan fingerprint density at radius 3 is 2.71 bits per heavy atom. The fraction of sp³-hybridized carbons (Fsp3) is 0.167. The average Bonchev–Trinajstić information content (AvgIpc) is 2.39. The van der Waals surface area contributed by atoms with Gasteiger partial charge in [0.2, 0.25) is 0 Å². The first-order valence-electron chi connectivity index (χ1n) is 5.23. The van der Waals surface area contributed by atoms with Crippen molar-refractivity contribution in [2.24, 2.45) is 0 Å². The Bertz CT molecular complexity index is 555. The molecule has 5 heteroatoms. The molecule has 0 saturated heterocycles. The van der Waals surface area contributed by atoms with Crippen molar-refractivity contribution in [2.45, 2.75) is 13.3 Å². The van der Waals surface area contributed by atoms with Crippen molar-refractivity contribution in [3.63, 3.8) is 0 Å². The van der Waals surface area contributed by atoms with Crippen LogP contribution < -0.4 is 0 Å². The van der Waals surface area contributed by atoms with Crippen molar-refractivity contribution in [2.75, 3.05) is 0 Å². The zero-order chi connectivity index (χ0) is 12.3. The molecule has 2 heterocycles. The second-order valence-electron chi connectivity index (χ2n) is 3.42. The molecule has 0 aliphatic carbocycles. The lowest BCUT2D eigenvalue weighted by Crippen LogP contribution is -2.02. The number of hydrogen-bond acceptors (Lipinski definition) is 4. The van der Waals surface area contributed by atoms with Gasteiger partial charge in [0.05, 0.1) is 11.4 Å². The summed E-state index contributed by atoms with van der Waals surface area (Å²) in [6, 6.07) is 6.55. The van der Waals surface area contributed by atoms with Crippen LogP contribution in [-0.4, -0.2) is 26.0 Å². The molecule has 0 atom stereocenters. The number of hydrogen-bond donors (Lipinski definition) is 1. The van der Waals surface area contributed by atoms with E-state index in [9.17, 15) is 4.79 Å². The normalized spacial score (nSPS) is 10.2. The summed E-state index contributed by atoms with van der Waals surface area (Å²) in [5, 5.41) is 8.86. The van der Waals surface area contributed by atoms with Crippen LogP contribution in [0.4, 0.5) is 0 Å². The molecule has 0 fully saturated rings. The van der Waals surface area contributed by atoms with Crippen LogP contribution in [0.2, 0.25) is 0 Å². The molecule has 0 aliphatic rings. The Morgan fingerprint density at radius 2 is 2.00 bits per heavy atom. The largest absolute Gasteiger partial charge is 0.477 e. The van der Waals surface area contributed by atoms with Gasteiger partial charge in [-0.15, -0.1) is 0 Å². The minimum absolute atomic E-state index is 0.0131. The Labute approximate surface area is 98.2 Å². The molecule has 0 bridgehead atoms. The number of pyridine rings is 1. The summed E-state index contributed by atoms with van der Waals surface area (Å²) < 4.78 is 0. The first-order valence-corrected chi connectivity index (χ1v) is 5.23. The highest BCUT2D eigenvalue weighted by molar-refractivity contribution is 5.85. The van der Waals surface area contributed by atoms with Gasteiger partial charge in [0.25, 0.3) is 0 Å². The number of carboxylic acid groups (broad SMARTS) is 1. The van der Waals surface area contributed by atoms with E-state index < -0.39 is 5.97 Å². The lowest BCUT2D eigenvalue weighted by molar-refractivity contribution is 0.0690. The topological polar surface area (TPSA) is 76.0 Å². The van der Waals surface area contributed by atoms with Crippen LogP contribution in [0.25, 0.3) is 11.4 Å². The van der Waals surface area contributed by atoms with Gasteiger partial charge in [0.15, 0.2) is 0 Å². The molecule has 0 saturated carbocycles. The summed E-state index contributed by atoms with van der Waals surface area (Å²) in [6.45, 7) is 1.96. The molecule has 2 aromatic rings. The monoisotopic (exact) mass is 229 g/mol. The summed E-state index contributed by atoms with van der Waals surface area (Å²) in [4.78, 5) is 23.2. The van der Waals surface area contributed by atoms with Crippen molar-refractivity contribution in [1.82, 2.24) is 15.0 Å². The number of nitrogens with zero attached hydrogens (tertiary/aromatic N) is 3. The lowest BCUT2D eigenvalue weighted by atomic mass is 10.2. The molecular weight excluding hydrogens is 218 g/mol. The fourth-order valence-electron chi connectivity index (χ4n) is 1.41. The average molecular weight is 229 g/mol. The number of aromatic nitrogens is 3. The maximum atomic E-state index is 10.8. The molecule has 0 aliphatic heterocycles. The third kappa shape index (κ3) is 2.44. The van der Waals surface area contributed by atoms with E-state index in [-0.39, 0.29) is 5.69 Å². The molecule has 0 unspecified atom stereocenters. The molecule has 86 valence electrons. The second-order valence-corrected chi connectivity index (χ2v) is 3.42. The highest BCUT2D eigenvalue weighted by Crippen LogP contribution is 2.14. The quantitative estimate of drug-likeness (QED) is 0.868. The van der Waals surface area contributed by atoms with Crippen molar-refractivity contribution in [1.29, 1.82) is 0 Å². The summed E-state index contributed by atoms with van der Waals surface area (Å²) in [5.41, 5.74) is 1.20. The molecule has 1 N–H and O–H groups in total. The van der Waals surface area contributed by atoms with E-state index >= 15 is 0 Å². The van der Waals surface area contributed by atoms with Gasteiger partial charge in [0, 0.05) is 12.6 Å². The Kier molecular flexibility index (Phi) is 3.09. The lowest BCUT2D eigenvalue weighted by Gasteiger charge is -2.02. The Hall–Kier alpha value is -2.30. The minimum Gasteiger partial charge on any atom is -0.477 e. The number of carboxylic acids is 1. The van der Waals surface area contributed by atoms with Crippen molar-refractivity contribution in [3.05, 3.63) is 42.0 Å². The zero-order valence-corrected chi connectivity index (χ0v) is 9.29. The van der Waals surface area contributed by atoms with E-state index in [4.69, 9.17) is 5.11 Å². The molecule has 0 radical (unpaired) electrons. The van der Waals surface area contributed by atoms with Gasteiger partial charge >= 0.3 is 5.97 Å². The number of aryl methyl sites for hydroxylation is 1. The molecule has 5 nitrogen and oxygen atoms in total. The van der Waals surface area contributed by atoms with Gasteiger partial charge < -0.3 is 5.11 Å². The SMILES string of the molecule is CCc1nccc(-c2cccc(C(=O)O)n2)n1. The first-order chi connectivity index (χ1) is 8.20. The second kappa shape index (κ2) is 4.69. The van der Waals surface area contributed by atoms with E-state index in [1.807, 2.05) is 6.92 Å². The smallest absolute Gasteiger partial charge is 0.354 e. The van der Waals surface area contributed by atoms with Crippen LogP contribution in [-0.2, 0) is 6.42 Å². The molecular formula is C12H11N3O2. The van der Waals surface area contributed by atoms with Crippen LogP contribution >= 0.6 is 0 Å². The Balaban J connectivity index is 2.45.